The van der Waals surface area contributed by atoms with Crippen LogP contribution in [0.2, 0.25) is 0 Å². The normalized spacial score (nSPS) is 11.2. The number of alkyl halides is 3. The zero-order valence-corrected chi connectivity index (χ0v) is 8.25. The third kappa shape index (κ3) is 2.41. The molecule has 1 aromatic heterocycles. The maximum atomic E-state index is 12.5. The van der Waals surface area contributed by atoms with Crippen LogP contribution in [0.25, 0.3) is 0 Å². The van der Waals surface area contributed by atoms with Gasteiger partial charge < -0.3 is 9.94 Å². The predicted molar refractivity (Wildman–Crippen MR) is 46.4 cm³/mol. The van der Waals surface area contributed by atoms with Gasteiger partial charge in [-0.2, -0.15) is 17.9 Å². The molecule has 0 amide bonds. The van der Waals surface area contributed by atoms with Gasteiger partial charge in [-0.15, -0.1) is 0 Å². The Morgan fingerprint density at radius 1 is 1.56 bits per heavy atom. The van der Waals surface area contributed by atoms with E-state index in [0.717, 1.165) is 12.3 Å². The SMILES string of the molecule is CCOC(=O)c1c(C(F)(F)F)ccc[n+]1[O-]. The number of rotatable bonds is 2. The van der Waals surface area contributed by atoms with Gasteiger partial charge in [-0.3, -0.25) is 0 Å². The second-order valence-electron chi connectivity index (χ2n) is 2.81. The number of hydrogen-bond donors (Lipinski definition) is 0. The summed E-state index contributed by atoms with van der Waals surface area (Å²) < 4.78 is 41.6. The van der Waals surface area contributed by atoms with Gasteiger partial charge in [0, 0.05) is 6.07 Å². The van der Waals surface area contributed by atoms with E-state index in [1.165, 1.54) is 6.92 Å². The first kappa shape index (κ1) is 12.3. The number of carbonyl (C=O) groups excluding carboxylic acids is 1. The Balaban J connectivity index is 3.30. The first-order valence-corrected chi connectivity index (χ1v) is 4.34. The summed E-state index contributed by atoms with van der Waals surface area (Å²) in [5.41, 5.74) is -2.35. The van der Waals surface area contributed by atoms with E-state index in [1.54, 1.807) is 0 Å². The minimum absolute atomic E-state index is 0.106. The Hall–Kier alpha value is -1.79. The average Bonchev–Trinajstić information content (AvgIpc) is 2.16. The quantitative estimate of drug-likeness (QED) is 0.443. The molecule has 16 heavy (non-hydrogen) atoms. The van der Waals surface area contributed by atoms with Gasteiger partial charge in [0.15, 0.2) is 6.20 Å². The topological polar surface area (TPSA) is 53.2 Å². The fourth-order valence-corrected chi connectivity index (χ4v) is 1.12. The Labute approximate surface area is 88.8 Å². The third-order valence-electron chi connectivity index (χ3n) is 1.73. The second kappa shape index (κ2) is 4.38. The lowest BCUT2D eigenvalue weighted by Crippen LogP contribution is -2.38. The van der Waals surface area contributed by atoms with Crippen molar-refractivity contribution in [1.82, 2.24) is 0 Å². The van der Waals surface area contributed by atoms with Gasteiger partial charge >= 0.3 is 17.8 Å². The summed E-state index contributed by atoms with van der Waals surface area (Å²) in [7, 11) is 0. The molecule has 0 saturated carbocycles. The highest BCUT2D eigenvalue weighted by molar-refractivity contribution is 5.87. The third-order valence-corrected chi connectivity index (χ3v) is 1.73. The molecule has 0 aliphatic heterocycles. The molecule has 0 aliphatic carbocycles. The number of pyridine rings is 1. The molecule has 0 saturated heterocycles. The summed E-state index contributed by atoms with van der Waals surface area (Å²) in [6.07, 6.45) is -3.96. The summed E-state index contributed by atoms with van der Waals surface area (Å²) in [5, 5.41) is 11.1. The lowest BCUT2D eigenvalue weighted by molar-refractivity contribution is -0.609. The highest BCUT2D eigenvalue weighted by Crippen LogP contribution is 2.30. The molecular weight excluding hydrogens is 227 g/mol. The lowest BCUT2D eigenvalue weighted by Gasteiger charge is -2.10. The predicted octanol–water partition coefficient (Wildman–Crippen LogP) is 1.52. The fourth-order valence-electron chi connectivity index (χ4n) is 1.12. The van der Waals surface area contributed by atoms with Gasteiger partial charge in [0.05, 0.1) is 6.61 Å². The standard InChI is InChI=1S/C9H8F3NO3/c1-2-16-8(14)7-6(9(10,11)12)4-3-5-13(7)15/h3-5H,2H2,1H3. The summed E-state index contributed by atoms with van der Waals surface area (Å²) in [4.78, 5) is 11.2. The van der Waals surface area contributed by atoms with Gasteiger partial charge in [0.25, 0.3) is 0 Å². The first-order chi connectivity index (χ1) is 7.38. The molecule has 1 aromatic rings. The van der Waals surface area contributed by atoms with Crippen molar-refractivity contribution >= 4 is 5.97 Å². The minimum atomic E-state index is -4.77. The fraction of sp³-hybridized carbons (Fsp3) is 0.333. The van der Waals surface area contributed by atoms with Crippen LogP contribution in [0.4, 0.5) is 13.2 Å². The minimum Gasteiger partial charge on any atom is -0.618 e. The molecule has 0 unspecified atom stereocenters. The van der Waals surface area contributed by atoms with Crippen LogP contribution in [0.3, 0.4) is 0 Å². The summed E-state index contributed by atoms with van der Waals surface area (Å²) in [5.74, 6) is -1.29. The molecule has 0 fully saturated rings. The van der Waals surface area contributed by atoms with Crippen LogP contribution in [0.1, 0.15) is 23.0 Å². The van der Waals surface area contributed by atoms with Crippen molar-refractivity contribution in [2.24, 2.45) is 0 Å². The number of esters is 1. The summed E-state index contributed by atoms with van der Waals surface area (Å²) in [6.45, 7) is 1.33. The number of hydrogen-bond acceptors (Lipinski definition) is 3. The first-order valence-electron chi connectivity index (χ1n) is 4.34. The zero-order chi connectivity index (χ0) is 12.3. The average molecular weight is 235 g/mol. The highest BCUT2D eigenvalue weighted by Gasteiger charge is 2.40. The van der Waals surface area contributed by atoms with Crippen LogP contribution < -0.4 is 4.73 Å². The molecule has 1 heterocycles. The maximum absolute atomic E-state index is 12.5. The van der Waals surface area contributed by atoms with Gasteiger partial charge in [-0.1, -0.05) is 0 Å². The van der Waals surface area contributed by atoms with Gasteiger partial charge in [-0.05, 0) is 13.0 Å². The Bertz CT molecular complexity index is 403. The van der Waals surface area contributed by atoms with E-state index in [-0.39, 0.29) is 11.3 Å². The van der Waals surface area contributed by atoms with E-state index in [9.17, 15) is 23.2 Å². The summed E-state index contributed by atoms with van der Waals surface area (Å²) >= 11 is 0. The van der Waals surface area contributed by atoms with E-state index in [2.05, 4.69) is 4.74 Å². The molecule has 0 radical (unpaired) electrons. The molecule has 0 bridgehead atoms. The molecule has 0 N–H and O–H groups in total. The van der Waals surface area contributed by atoms with E-state index in [4.69, 9.17) is 0 Å². The lowest BCUT2D eigenvalue weighted by atomic mass is 10.2. The number of aromatic nitrogens is 1. The second-order valence-corrected chi connectivity index (χ2v) is 2.81. The van der Waals surface area contributed by atoms with Crippen molar-refractivity contribution in [1.29, 1.82) is 0 Å². The Morgan fingerprint density at radius 3 is 2.69 bits per heavy atom. The molecule has 0 aliphatic rings. The van der Waals surface area contributed by atoms with Crippen LogP contribution in [-0.2, 0) is 10.9 Å². The van der Waals surface area contributed by atoms with E-state index >= 15 is 0 Å². The number of nitrogens with zero attached hydrogens (tertiary/aromatic N) is 1. The molecule has 7 heteroatoms. The van der Waals surface area contributed by atoms with Crippen LogP contribution in [0, 0.1) is 5.21 Å². The number of ether oxygens (including phenoxy) is 1. The van der Waals surface area contributed by atoms with E-state index < -0.39 is 23.4 Å². The largest absolute Gasteiger partial charge is 0.618 e. The van der Waals surface area contributed by atoms with Crippen molar-refractivity contribution in [3.8, 4) is 0 Å². The van der Waals surface area contributed by atoms with E-state index in [0.29, 0.717) is 6.07 Å². The summed E-state index contributed by atoms with van der Waals surface area (Å²) in [6, 6.07) is 1.57. The van der Waals surface area contributed by atoms with Gasteiger partial charge in [0.1, 0.15) is 5.56 Å². The zero-order valence-electron chi connectivity index (χ0n) is 8.25. The van der Waals surface area contributed by atoms with Gasteiger partial charge in [-0.25, -0.2) is 4.79 Å². The highest BCUT2D eigenvalue weighted by atomic mass is 19.4. The van der Waals surface area contributed by atoms with Crippen molar-refractivity contribution in [2.75, 3.05) is 6.61 Å². The van der Waals surface area contributed by atoms with Crippen molar-refractivity contribution < 1.29 is 27.4 Å². The Kier molecular flexibility index (Phi) is 3.36. The van der Waals surface area contributed by atoms with Crippen LogP contribution in [0.15, 0.2) is 18.3 Å². The monoisotopic (exact) mass is 235 g/mol. The van der Waals surface area contributed by atoms with Crippen molar-refractivity contribution in [3.63, 3.8) is 0 Å². The molecule has 1 rings (SSSR count). The molecule has 0 atom stereocenters. The van der Waals surface area contributed by atoms with Crippen LogP contribution in [-0.4, -0.2) is 12.6 Å². The number of carbonyl (C=O) groups is 1. The van der Waals surface area contributed by atoms with E-state index in [1.807, 2.05) is 0 Å². The smallest absolute Gasteiger partial charge is 0.423 e. The molecule has 0 aromatic carbocycles. The molecule has 4 nitrogen and oxygen atoms in total. The molecule has 0 spiro atoms. The Morgan fingerprint density at radius 2 is 2.19 bits per heavy atom. The van der Waals surface area contributed by atoms with Crippen LogP contribution in [0.5, 0.6) is 0 Å². The molecular formula is C9H8F3NO3. The number of halogens is 3. The molecule has 88 valence electrons. The van der Waals surface area contributed by atoms with Crippen molar-refractivity contribution in [3.05, 3.63) is 34.8 Å². The van der Waals surface area contributed by atoms with Crippen LogP contribution >= 0.6 is 0 Å². The maximum Gasteiger partial charge on any atom is 0.423 e. The van der Waals surface area contributed by atoms with Crippen molar-refractivity contribution in [2.45, 2.75) is 13.1 Å². The van der Waals surface area contributed by atoms with Gasteiger partial charge in [0.2, 0.25) is 0 Å².